The van der Waals surface area contributed by atoms with Crippen LogP contribution in [-0.2, 0) is 0 Å². The first kappa shape index (κ1) is 11.6. The zero-order valence-electron chi connectivity index (χ0n) is 9.80. The predicted octanol–water partition coefficient (Wildman–Crippen LogP) is 1.95. The van der Waals surface area contributed by atoms with Crippen LogP contribution in [0.4, 0.5) is 0 Å². The molecule has 0 saturated heterocycles. The molecule has 4 nitrogen and oxygen atoms in total. The van der Waals surface area contributed by atoms with Crippen LogP contribution >= 0.6 is 0 Å². The van der Waals surface area contributed by atoms with Crippen LogP contribution < -0.4 is 11.3 Å². The minimum absolute atomic E-state index is 0.111. The van der Waals surface area contributed by atoms with Crippen molar-refractivity contribution in [2.24, 2.45) is 5.84 Å². The van der Waals surface area contributed by atoms with Crippen molar-refractivity contribution in [1.82, 2.24) is 15.2 Å². The molecule has 1 aromatic heterocycles. The third-order valence-corrected chi connectivity index (χ3v) is 2.59. The van der Waals surface area contributed by atoms with Crippen molar-refractivity contribution in [3.8, 4) is 5.69 Å². The van der Waals surface area contributed by atoms with E-state index in [1.807, 2.05) is 54.2 Å². The summed E-state index contributed by atoms with van der Waals surface area (Å²) in [5, 5.41) is 4.49. The van der Waals surface area contributed by atoms with E-state index in [0.29, 0.717) is 0 Å². The zero-order valence-corrected chi connectivity index (χ0v) is 9.80. The van der Waals surface area contributed by atoms with Gasteiger partial charge in [0, 0.05) is 6.20 Å². The minimum Gasteiger partial charge on any atom is -0.271 e. The molecule has 0 saturated carbocycles. The standard InChI is InChI=1S/C13H16N4/c1-10(2)13(15-14)12-8-9-17(16-12)11-6-4-3-5-7-11/h3-9,13,15H,1,14H2,2H3. The molecule has 2 aromatic rings. The van der Waals surface area contributed by atoms with Gasteiger partial charge in [0.15, 0.2) is 0 Å². The molecule has 88 valence electrons. The molecule has 0 amide bonds. The Morgan fingerprint density at radius 3 is 2.65 bits per heavy atom. The molecule has 0 aliphatic rings. The molecular weight excluding hydrogens is 212 g/mol. The number of hydrogen-bond donors (Lipinski definition) is 2. The van der Waals surface area contributed by atoms with Crippen LogP contribution in [-0.4, -0.2) is 9.78 Å². The Labute approximate surface area is 101 Å². The maximum atomic E-state index is 5.49. The Bertz CT molecular complexity index is 501. The van der Waals surface area contributed by atoms with Crippen molar-refractivity contribution < 1.29 is 0 Å². The second kappa shape index (κ2) is 4.95. The summed E-state index contributed by atoms with van der Waals surface area (Å²) in [5.74, 6) is 5.49. The molecule has 1 unspecified atom stereocenters. The number of aromatic nitrogens is 2. The smallest absolute Gasteiger partial charge is 0.0854 e. The van der Waals surface area contributed by atoms with Crippen molar-refractivity contribution in [1.29, 1.82) is 0 Å². The van der Waals surface area contributed by atoms with E-state index in [0.717, 1.165) is 17.0 Å². The van der Waals surface area contributed by atoms with Crippen molar-refractivity contribution in [2.45, 2.75) is 13.0 Å². The second-order valence-electron chi connectivity index (χ2n) is 3.97. The van der Waals surface area contributed by atoms with Gasteiger partial charge in [-0.05, 0) is 25.1 Å². The molecule has 4 heteroatoms. The Hall–Kier alpha value is -1.91. The van der Waals surface area contributed by atoms with Crippen LogP contribution in [0.1, 0.15) is 18.7 Å². The summed E-state index contributed by atoms with van der Waals surface area (Å²) in [7, 11) is 0. The van der Waals surface area contributed by atoms with Crippen molar-refractivity contribution >= 4 is 0 Å². The highest BCUT2D eigenvalue weighted by Gasteiger charge is 2.13. The highest BCUT2D eigenvalue weighted by atomic mass is 15.3. The van der Waals surface area contributed by atoms with E-state index in [1.165, 1.54) is 0 Å². The Kier molecular flexibility index (Phi) is 3.37. The molecule has 0 spiro atoms. The van der Waals surface area contributed by atoms with Gasteiger partial charge in [-0.3, -0.25) is 5.84 Å². The van der Waals surface area contributed by atoms with E-state index in [4.69, 9.17) is 5.84 Å². The molecule has 1 heterocycles. The van der Waals surface area contributed by atoms with Gasteiger partial charge in [0.1, 0.15) is 0 Å². The van der Waals surface area contributed by atoms with Gasteiger partial charge in [-0.1, -0.05) is 30.4 Å². The van der Waals surface area contributed by atoms with Gasteiger partial charge in [0.2, 0.25) is 0 Å². The number of nitrogens with two attached hydrogens (primary N) is 1. The summed E-state index contributed by atoms with van der Waals surface area (Å²) in [6.07, 6.45) is 1.91. The zero-order chi connectivity index (χ0) is 12.3. The first-order chi connectivity index (χ1) is 8.22. The van der Waals surface area contributed by atoms with Crippen LogP contribution in [0, 0.1) is 0 Å². The van der Waals surface area contributed by atoms with Crippen molar-refractivity contribution in [3.05, 3.63) is 60.4 Å². The summed E-state index contributed by atoms with van der Waals surface area (Å²) in [4.78, 5) is 0. The SMILES string of the molecule is C=C(C)C(NN)c1ccn(-c2ccccc2)n1. The predicted molar refractivity (Wildman–Crippen MR) is 68.4 cm³/mol. The molecule has 1 aromatic carbocycles. The summed E-state index contributed by atoms with van der Waals surface area (Å²) in [6, 6.07) is 11.8. The van der Waals surface area contributed by atoms with E-state index in [1.54, 1.807) is 0 Å². The first-order valence-electron chi connectivity index (χ1n) is 5.45. The van der Waals surface area contributed by atoms with E-state index in [9.17, 15) is 0 Å². The van der Waals surface area contributed by atoms with Gasteiger partial charge in [-0.25, -0.2) is 10.1 Å². The third-order valence-electron chi connectivity index (χ3n) is 2.59. The largest absolute Gasteiger partial charge is 0.271 e. The van der Waals surface area contributed by atoms with Gasteiger partial charge in [0.05, 0.1) is 17.4 Å². The van der Waals surface area contributed by atoms with Crippen molar-refractivity contribution in [2.75, 3.05) is 0 Å². The molecule has 0 radical (unpaired) electrons. The minimum atomic E-state index is -0.111. The van der Waals surface area contributed by atoms with E-state index in [2.05, 4.69) is 17.1 Å². The van der Waals surface area contributed by atoms with Crippen LogP contribution in [0.25, 0.3) is 5.69 Å². The lowest BCUT2D eigenvalue weighted by Crippen LogP contribution is -2.29. The number of benzene rings is 1. The maximum Gasteiger partial charge on any atom is 0.0854 e. The maximum absolute atomic E-state index is 5.49. The summed E-state index contributed by atoms with van der Waals surface area (Å²) >= 11 is 0. The molecule has 1 atom stereocenters. The van der Waals surface area contributed by atoms with Crippen molar-refractivity contribution in [3.63, 3.8) is 0 Å². The molecule has 0 aliphatic heterocycles. The van der Waals surface area contributed by atoms with Crippen LogP contribution in [0.3, 0.4) is 0 Å². The van der Waals surface area contributed by atoms with Crippen LogP contribution in [0.2, 0.25) is 0 Å². The summed E-state index contributed by atoms with van der Waals surface area (Å²) in [5.41, 5.74) is 5.53. The van der Waals surface area contributed by atoms with E-state index < -0.39 is 0 Å². The fourth-order valence-electron chi connectivity index (χ4n) is 1.70. The number of hydrogen-bond acceptors (Lipinski definition) is 3. The second-order valence-corrected chi connectivity index (χ2v) is 3.97. The molecule has 0 bridgehead atoms. The average Bonchev–Trinajstić information content (AvgIpc) is 2.80. The topological polar surface area (TPSA) is 55.9 Å². The van der Waals surface area contributed by atoms with Crippen LogP contribution in [0.15, 0.2) is 54.7 Å². The normalized spacial score (nSPS) is 12.4. The molecule has 3 N–H and O–H groups in total. The lowest BCUT2D eigenvalue weighted by Gasteiger charge is -2.12. The number of hydrazine groups is 1. The summed E-state index contributed by atoms with van der Waals surface area (Å²) < 4.78 is 1.82. The third kappa shape index (κ3) is 2.43. The highest BCUT2D eigenvalue weighted by molar-refractivity contribution is 5.31. The molecular formula is C13H16N4. The first-order valence-corrected chi connectivity index (χ1v) is 5.45. The summed E-state index contributed by atoms with van der Waals surface area (Å²) in [6.45, 7) is 5.82. The van der Waals surface area contributed by atoms with Gasteiger partial charge < -0.3 is 0 Å². The van der Waals surface area contributed by atoms with E-state index >= 15 is 0 Å². The highest BCUT2D eigenvalue weighted by Crippen LogP contribution is 2.18. The molecule has 0 aliphatic carbocycles. The van der Waals surface area contributed by atoms with Gasteiger partial charge in [0.25, 0.3) is 0 Å². The Morgan fingerprint density at radius 1 is 1.35 bits per heavy atom. The fourth-order valence-corrected chi connectivity index (χ4v) is 1.70. The van der Waals surface area contributed by atoms with E-state index in [-0.39, 0.29) is 6.04 Å². The average molecular weight is 228 g/mol. The monoisotopic (exact) mass is 228 g/mol. The van der Waals surface area contributed by atoms with Gasteiger partial charge in [-0.2, -0.15) is 5.10 Å². The lowest BCUT2D eigenvalue weighted by atomic mass is 10.1. The number of para-hydroxylation sites is 1. The Morgan fingerprint density at radius 2 is 2.06 bits per heavy atom. The molecule has 17 heavy (non-hydrogen) atoms. The van der Waals surface area contributed by atoms with Gasteiger partial charge >= 0.3 is 0 Å². The fraction of sp³-hybridized carbons (Fsp3) is 0.154. The number of nitrogens with zero attached hydrogens (tertiary/aromatic N) is 2. The molecule has 0 fully saturated rings. The van der Waals surface area contributed by atoms with Gasteiger partial charge in [-0.15, -0.1) is 0 Å². The van der Waals surface area contributed by atoms with Crippen LogP contribution in [0.5, 0.6) is 0 Å². The number of rotatable bonds is 4. The Balaban J connectivity index is 2.30. The molecule has 2 rings (SSSR count). The number of nitrogens with one attached hydrogen (secondary N) is 1. The lowest BCUT2D eigenvalue weighted by molar-refractivity contribution is 0.603. The quantitative estimate of drug-likeness (QED) is 0.478.